The molecule has 1 fully saturated rings. The van der Waals surface area contributed by atoms with Gasteiger partial charge in [-0.15, -0.1) is 0 Å². The Balaban J connectivity index is 1.91. The van der Waals surface area contributed by atoms with E-state index in [1.54, 1.807) is 12.1 Å². The zero-order valence-corrected chi connectivity index (χ0v) is 16.9. The van der Waals surface area contributed by atoms with E-state index in [-0.39, 0.29) is 36.2 Å². The highest BCUT2D eigenvalue weighted by molar-refractivity contribution is 5.92. The number of ether oxygens (including phenoxy) is 3. The number of nitrogens with one attached hydrogen (secondary N) is 1. The average Bonchev–Trinajstić information content (AvgIpc) is 3.56. The first kappa shape index (κ1) is 21.3. The number of aliphatic hydroxyl groups is 1. The van der Waals surface area contributed by atoms with Crippen molar-refractivity contribution in [2.75, 3.05) is 20.3 Å². The van der Waals surface area contributed by atoms with Gasteiger partial charge in [0.05, 0.1) is 12.7 Å². The summed E-state index contributed by atoms with van der Waals surface area (Å²) in [6, 6.07) is 7.39. The van der Waals surface area contributed by atoms with Crippen molar-refractivity contribution in [1.29, 1.82) is 0 Å². The fraction of sp³-hybridized carbons (Fsp3) is 0.545. The minimum absolute atomic E-state index is 0.0662. The fourth-order valence-electron chi connectivity index (χ4n) is 3.59. The maximum Gasteiger partial charge on any atom is 0.337 e. The maximum atomic E-state index is 12.6. The van der Waals surface area contributed by atoms with E-state index in [1.807, 2.05) is 25.1 Å². The topological polar surface area (TPSA) is 94.1 Å². The third-order valence-electron chi connectivity index (χ3n) is 5.26. The summed E-state index contributed by atoms with van der Waals surface area (Å²) in [6.07, 6.45) is 4.52. The Morgan fingerprint density at radius 3 is 2.55 bits per heavy atom. The van der Waals surface area contributed by atoms with Crippen molar-refractivity contribution < 1.29 is 28.9 Å². The lowest BCUT2D eigenvalue weighted by Crippen LogP contribution is -2.39. The van der Waals surface area contributed by atoms with Crippen molar-refractivity contribution in [3.8, 4) is 0 Å². The summed E-state index contributed by atoms with van der Waals surface area (Å²) in [5.74, 6) is -0.568. The number of carbonyl (C=O) groups excluding carboxylic acids is 2. The quantitative estimate of drug-likeness (QED) is 0.616. The number of allylic oxidation sites excluding steroid dienone is 1. The molecule has 0 spiro atoms. The van der Waals surface area contributed by atoms with E-state index in [1.165, 1.54) is 7.11 Å². The van der Waals surface area contributed by atoms with Crippen molar-refractivity contribution in [3.63, 3.8) is 0 Å². The Labute approximate surface area is 171 Å². The van der Waals surface area contributed by atoms with E-state index in [0.717, 1.165) is 18.4 Å². The maximum absolute atomic E-state index is 12.6. The van der Waals surface area contributed by atoms with E-state index in [9.17, 15) is 14.7 Å². The van der Waals surface area contributed by atoms with Crippen LogP contribution in [0.3, 0.4) is 0 Å². The van der Waals surface area contributed by atoms with Gasteiger partial charge in [-0.1, -0.05) is 12.1 Å². The molecule has 1 aliphatic heterocycles. The first-order chi connectivity index (χ1) is 14.1. The van der Waals surface area contributed by atoms with E-state index in [0.29, 0.717) is 25.0 Å². The summed E-state index contributed by atoms with van der Waals surface area (Å²) in [7, 11) is 1.35. The highest BCUT2D eigenvalue weighted by atomic mass is 16.7. The van der Waals surface area contributed by atoms with Crippen LogP contribution in [-0.2, 0) is 19.0 Å². The smallest absolute Gasteiger partial charge is 0.337 e. The number of hydrogen-bond acceptors (Lipinski definition) is 6. The second-order valence-corrected chi connectivity index (χ2v) is 7.39. The van der Waals surface area contributed by atoms with Crippen LogP contribution >= 0.6 is 0 Å². The zero-order chi connectivity index (χ0) is 20.8. The number of benzene rings is 1. The molecule has 3 atom stereocenters. The van der Waals surface area contributed by atoms with Gasteiger partial charge >= 0.3 is 5.97 Å². The lowest BCUT2D eigenvalue weighted by atomic mass is 9.80. The molecule has 0 saturated heterocycles. The lowest BCUT2D eigenvalue weighted by molar-refractivity contribution is -0.166. The Morgan fingerprint density at radius 2 is 1.97 bits per heavy atom. The van der Waals surface area contributed by atoms with Crippen molar-refractivity contribution in [2.45, 2.75) is 50.9 Å². The first-order valence-corrected chi connectivity index (χ1v) is 10.2. The van der Waals surface area contributed by atoms with Gasteiger partial charge < -0.3 is 24.6 Å². The third-order valence-corrected chi connectivity index (χ3v) is 5.26. The van der Waals surface area contributed by atoms with Crippen molar-refractivity contribution >= 4 is 11.9 Å². The largest absolute Gasteiger partial charge is 0.465 e. The van der Waals surface area contributed by atoms with Gasteiger partial charge in [-0.2, -0.15) is 0 Å². The molecule has 1 saturated carbocycles. The first-order valence-electron chi connectivity index (χ1n) is 10.2. The van der Waals surface area contributed by atoms with Gasteiger partial charge in [0.15, 0.2) is 5.76 Å². The van der Waals surface area contributed by atoms with Gasteiger partial charge in [-0.25, -0.2) is 4.79 Å². The average molecular weight is 403 g/mol. The van der Waals surface area contributed by atoms with Crippen molar-refractivity contribution in [3.05, 3.63) is 47.2 Å². The van der Waals surface area contributed by atoms with Gasteiger partial charge in [0.1, 0.15) is 0 Å². The highest BCUT2D eigenvalue weighted by Crippen LogP contribution is 2.39. The summed E-state index contributed by atoms with van der Waals surface area (Å²) in [5, 5.41) is 12.3. The number of hydrogen-bond donors (Lipinski definition) is 2. The number of aliphatic hydroxyl groups excluding tert-OH is 1. The van der Waals surface area contributed by atoms with Crippen LogP contribution in [0.2, 0.25) is 0 Å². The van der Waals surface area contributed by atoms with Crippen LogP contribution in [0.25, 0.3) is 0 Å². The SMILES string of the molecule is CCO[C@H]1OC(C(=O)NC2CC2)=C[C@@H](c2ccc(C(=O)OC)cc2)[C@H]1CCCO. The summed E-state index contributed by atoms with van der Waals surface area (Å²) >= 11 is 0. The second kappa shape index (κ2) is 9.89. The van der Waals surface area contributed by atoms with Crippen molar-refractivity contribution in [1.82, 2.24) is 5.32 Å². The summed E-state index contributed by atoms with van der Waals surface area (Å²) in [4.78, 5) is 24.4. The molecule has 7 nitrogen and oxygen atoms in total. The molecular weight excluding hydrogens is 374 g/mol. The summed E-state index contributed by atoms with van der Waals surface area (Å²) in [5.41, 5.74) is 1.41. The van der Waals surface area contributed by atoms with E-state index in [4.69, 9.17) is 14.2 Å². The Morgan fingerprint density at radius 1 is 1.24 bits per heavy atom. The molecule has 1 aliphatic carbocycles. The fourth-order valence-corrected chi connectivity index (χ4v) is 3.59. The number of rotatable bonds is 9. The van der Waals surface area contributed by atoms with Gasteiger partial charge in [0.25, 0.3) is 5.91 Å². The molecule has 29 heavy (non-hydrogen) atoms. The molecule has 0 aromatic heterocycles. The normalized spacial score (nSPS) is 23.7. The number of esters is 1. The molecule has 1 aromatic rings. The molecule has 1 heterocycles. The van der Waals surface area contributed by atoms with E-state index >= 15 is 0 Å². The zero-order valence-electron chi connectivity index (χ0n) is 16.9. The molecule has 1 amide bonds. The van der Waals surface area contributed by atoms with Gasteiger partial charge in [0, 0.05) is 31.1 Å². The summed E-state index contributed by atoms with van der Waals surface area (Å²) < 4.78 is 16.5. The van der Waals surface area contributed by atoms with Gasteiger partial charge in [0.2, 0.25) is 6.29 Å². The van der Waals surface area contributed by atoms with E-state index in [2.05, 4.69) is 5.32 Å². The van der Waals surface area contributed by atoms with Crippen LogP contribution in [-0.4, -0.2) is 49.6 Å². The number of amides is 1. The van der Waals surface area contributed by atoms with Crippen LogP contribution in [0.1, 0.15) is 54.4 Å². The molecule has 2 aliphatic rings. The van der Waals surface area contributed by atoms with Crippen LogP contribution < -0.4 is 5.32 Å². The minimum atomic E-state index is -0.582. The molecule has 0 bridgehead atoms. The number of methoxy groups -OCH3 is 1. The molecule has 158 valence electrons. The van der Waals surface area contributed by atoms with Gasteiger partial charge in [-0.3, -0.25) is 4.79 Å². The molecule has 1 aromatic carbocycles. The van der Waals surface area contributed by atoms with E-state index < -0.39 is 12.3 Å². The number of carbonyl (C=O) groups is 2. The molecule has 3 rings (SSSR count). The monoisotopic (exact) mass is 403 g/mol. The van der Waals surface area contributed by atoms with Crippen LogP contribution in [0, 0.1) is 5.92 Å². The molecular formula is C22H29NO6. The lowest BCUT2D eigenvalue weighted by Gasteiger charge is -2.37. The summed E-state index contributed by atoms with van der Waals surface area (Å²) in [6.45, 7) is 2.41. The minimum Gasteiger partial charge on any atom is -0.465 e. The molecule has 7 heteroatoms. The predicted octanol–water partition coefficient (Wildman–Crippen LogP) is 2.50. The van der Waals surface area contributed by atoms with Crippen LogP contribution in [0.5, 0.6) is 0 Å². The predicted molar refractivity (Wildman–Crippen MR) is 106 cm³/mol. The highest BCUT2D eigenvalue weighted by Gasteiger charge is 2.38. The molecule has 0 unspecified atom stereocenters. The Hall–Kier alpha value is -2.38. The standard InChI is InChI=1S/C22H29NO6/c1-3-28-22-17(5-4-12-24)18(13-19(29-22)20(25)23-16-10-11-16)14-6-8-15(9-7-14)21(26)27-2/h6-9,13,16-18,22,24H,3-5,10-12H2,1-2H3,(H,23,25)/t17-,18+,22+/m1/s1. The molecule has 2 N–H and O–H groups in total. The second-order valence-electron chi connectivity index (χ2n) is 7.39. The van der Waals surface area contributed by atoms with Crippen LogP contribution in [0.4, 0.5) is 0 Å². The third kappa shape index (κ3) is 5.36. The van der Waals surface area contributed by atoms with Gasteiger partial charge in [-0.05, 0) is 56.4 Å². The molecule has 0 radical (unpaired) electrons. The Kier molecular flexibility index (Phi) is 7.28. The van der Waals surface area contributed by atoms with Crippen LogP contribution in [0.15, 0.2) is 36.1 Å². The van der Waals surface area contributed by atoms with Crippen molar-refractivity contribution in [2.24, 2.45) is 5.92 Å². The Bertz CT molecular complexity index is 740.